The molecule has 1 amide bonds. The summed E-state index contributed by atoms with van der Waals surface area (Å²) in [7, 11) is -3.06. The van der Waals surface area contributed by atoms with Gasteiger partial charge in [-0.3, -0.25) is 4.79 Å². The lowest BCUT2D eigenvalue weighted by atomic mass is 9.86. The second-order valence-electron chi connectivity index (χ2n) is 7.62. The molecule has 1 saturated carbocycles. The maximum atomic E-state index is 12.3. The standard InChI is InChI=1S/C19H23ClN2O3S2/c20-13-5-8-17-16(10-13)22-19(26-17)12-3-6-14(7-4-12)21-18(23)11-15-2-1-9-27(15,24)25/h5,8,10,12,14-15H,1-4,6-7,9,11H2,(H,21,23). The van der Waals surface area contributed by atoms with Gasteiger partial charge in [-0.05, 0) is 56.7 Å². The fourth-order valence-corrected chi connectivity index (χ4v) is 7.28. The van der Waals surface area contributed by atoms with Crippen molar-refractivity contribution in [2.24, 2.45) is 0 Å². The SMILES string of the molecule is O=C(CC1CCCS1(=O)=O)NC1CCC(c2nc3cc(Cl)ccc3s2)CC1. The van der Waals surface area contributed by atoms with Crippen LogP contribution >= 0.6 is 22.9 Å². The van der Waals surface area contributed by atoms with Gasteiger partial charge < -0.3 is 5.32 Å². The number of carbonyl (C=O) groups excluding carboxylic acids is 1. The largest absolute Gasteiger partial charge is 0.353 e. The van der Waals surface area contributed by atoms with Crippen molar-refractivity contribution in [2.75, 3.05) is 5.75 Å². The van der Waals surface area contributed by atoms with E-state index < -0.39 is 15.1 Å². The minimum atomic E-state index is -3.06. The van der Waals surface area contributed by atoms with E-state index in [9.17, 15) is 13.2 Å². The number of nitrogens with zero attached hydrogens (tertiary/aromatic N) is 1. The van der Waals surface area contributed by atoms with Gasteiger partial charge in [0, 0.05) is 23.4 Å². The smallest absolute Gasteiger partial charge is 0.221 e. The maximum absolute atomic E-state index is 12.3. The Kier molecular flexibility index (Phi) is 5.45. The third-order valence-corrected chi connectivity index (χ3v) is 9.39. The molecule has 1 aromatic carbocycles. The Labute approximate surface area is 168 Å². The van der Waals surface area contributed by atoms with Gasteiger partial charge in [0.2, 0.25) is 5.91 Å². The van der Waals surface area contributed by atoms with E-state index in [0.717, 1.165) is 40.9 Å². The molecule has 4 rings (SSSR count). The average Bonchev–Trinajstić information content (AvgIpc) is 3.18. The summed E-state index contributed by atoms with van der Waals surface area (Å²) >= 11 is 7.77. The molecule has 2 heterocycles. The predicted octanol–water partition coefficient (Wildman–Crippen LogP) is 4.06. The molecule has 1 aliphatic carbocycles. The highest BCUT2D eigenvalue weighted by molar-refractivity contribution is 7.92. The van der Waals surface area contributed by atoms with E-state index in [-0.39, 0.29) is 24.1 Å². The summed E-state index contributed by atoms with van der Waals surface area (Å²) in [6, 6.07) is 5.95. The molecule has 5 nitrogen and oxygen atoms in total. The van der Waals surface area contributed by atoms with Crippen LogP contribution in [0.15, 0.2) is 18.2 Å². The first-order valence-corrected chi connectivity index (χ1v) is 12.4. The van der Waals surface area contributed by atoms with Gasteiger partial charge in [0.05, 0.1) is 26.2 Å². The van der Waals surface area contributed by atoms with Gasteiger partial charge in [0.25, 0.3) is 0 Å². The van der Waals surface area contributed by atoms with Crippen LogP contribution in [0.3, 0.4) is 0 Å². The lowest BCUT2D eigenvalue weighted by Gasteiger charge is -2.28. The minimum absolute atomic E-state index is 0.112. The second kappa shape index (κ2) is 7.68. The van der Waals surface area contributed by atoms with Crippen molar-refractivity contribution in [1.29, 1.82) is 0 Å². The minimum Gasteiger partial charge on any atom is -0.353 e. The Morgan fingerprint density at radius 1 is 1.22 bits per heavy atom. The molecule has 27 heavy (non-hydrogen) atoms. The van der Waals surface area contributed by atoms with Crippen LogP contribution in [0.2, 0.25) is 5.02 Å². The molecule has 1 aromatic heterocycles. The molecule has 1 aliphatic heterocycles. The summed E-state index contributed by atoms with van der Waals surface area (Å²) in [5.74, 6) is 0.525. The number of amides is 1. The highest BCUT2D eigenvalue weighted by Crippen LogP contribution is 2.37. The molecule has 2 aliphatic rings. The molecule has 1 unspecified atom stereocenters. The first-order valence-electron chi connectivity index (χ1n) is 9.47. The molecular formula is C19H23ClN2O3S2. The van der Waals surface area contributed by atoms with Crippen molar-refractivity contribution in [3.63, 3.8) is 0 Å². The topological polar surface area (TPSA) is 76.1 Å². The van der Waals surface area contributed by atoms with Crippen molar-refractivity contribution in [3.8, 4) is 0 Å². The number of nitrogens with one attached hydrogen (secondary N) is 1. The zero-order valence-corrected chi connectivity index (χ0v) is 17.4. The van der Waals surface area contributed by atoms with Gasteiger partial charge in [-0.25, -0.2) is 13.4 Å². The molecule has 1 atom stereocenters. The fraction of sp³-hybridized carbons (Fsp3) is 0.579. The number of thiazole rings is 1. The third-order valence-electron chi connectivity index (χ3n) is 5.68. The van der Waals surface area contributed by atoms with E-state index >= 15 is 0 Å². The first-order chi connectivity index (χ1) is 12.9. The van der Waals surface area contributed by atoms with Crippen molar-refractivity contribution in [3.05, 3.63) is 28.2 Å². The average molecular weight is 427 g/mol. The number of benzene rings is 1. The zero-order valence-electron chi connectivity index (χ0n) is 15.0. The van der Waals surface area contributed by atoms with Crippen LogP contribution < -0.4 is 5.32 Å². The van der Waals surface area contributed by atoms with Crippen LogP contribution in [0.5, 0.6) is 0 Å². The molecule has 146 valence electrons. The monoisotopic (exact) mass is 426 g/mol. The van der Waals surface area contributed by atoms with E-state index in [1.807, 2.05) is 18.2 Å². The molecule has 2 fully saturated rings. The Morgan fingerprint density at radius 3 is 2.70 bits per heavy atom. The van der Waals surface area contributed by atoms with Crippen molar-refractivity contribution < 1.29 is 13.2 Å². The molecule has 1 saturated heterocycles. The summed E-state index contributed by atoms with van der Waals surface area (Å²) in [5, 5.41) is 4.42. The van der Waals surface area contributed by atoms with E-state index in [1.165, 1.54) is 0 Å². The quantitative estimate of drug-likeness (QED) is 0.799. The highest BCUT2D eigenvalue weighted by Gasteiger charge is 2.33. The van der Waals surface area contributed by atoms with Crippen LogP contribution in [-0.2, 0) is 14.6 Å². The molecule has 0 spiro atoms. The molecule has 0 radical (unpaired) electrons. The van der Waals surface area contributed by atoms with Crippen LogP contribution in [0.1, 0.15) is 55.9 Å². The van der Waals surface area contributed by atoms with Gasteiger partial charge in [-0.1, -0.05) is 11.6 Å². The van der Waals surface area contributed by atoms with Gasteiger partial charge in [-0.15, -0.1) is 11.3 Å². The van der Waals surface area contributed by atoms with Crippen molar-refractivity contribution in [2.45, 2.75) is 62.2 Å². The number of aromatic nitrogens is 1. The predicted molar refractivity (Wildman–Crippen MR) is 109 cm³/mol. The molecular weight excluding hydrogens is 404 g/mol. The molecule has 8 heteroatoms. The lowest BCUT2D eigenvalue weighted by molar-refractivity contribution is -0.122. The number of hydrogen-bond acceptors (Lipinski definition) is 5. The Morgan fingerprint density at radius 2 is 2.00 bits per heavy atom. The number of halogens is 1. The summed E-state index contributed by atoms with van der Waals surface area (Å²) in [4.78, 5) is 17.0. The van der Waals surface area contributed by atoms with Crippen LogP contribution in [0, 0.1) is 0 Å². The van der Waals surface area contributed by atoms with E-state index in [0.29, 0.717) is 23.8 Å². The first kappa shape index (κ1) is 19.2. The lowest BCUT2D eigenvalue weighted by Crippen LogP contribution is -2.39. The number of hydrogen-bond donors (Lipinski definition) is 1. The Balaban J connectivity index is 1.31. The number of carbonyl (C=O) groups is 1. The van der Waals surface area contributed by atoms with Crippen molar-refractivity contribution in [1.82, 2.24) is 10.3 Å². The summed E-state index contributed by atoms with van der Waals surface area (Å²) in [5.41, 5.74) is 0.954. The summed E-state index contributed by atoms with van der Waals surface area (Å²) < 4.78 is 24.9. The highest BCUT2D eigenvalue weighted by atomic mass is 35.5. The number of sulfone groups is 1. The molecule has 2 aromatic rings. The van der Waals surface area contributed by atoms with Gasteiger partial charge in [-0.2, -0.15) is 0 Å². The van der Waals surface area contributed by atoms with Crippen molar-refractivity contribution >= 4 is 48.9 Å². The van der Waals surface area contributed by atoms with Crippen LogP contribution in [-0.4, -0.2) is 36.4 Å². The number of fused-ring (bicyclic) bond motifs is 1. The van der Waals surface area contributed by atoms with Gasteiger partial charge in [0.15, 0.2) is 9.84 Å². The Hall–Kier alpha value is -1.18. The Bertz CT molecular complexity index is 949. The maximum Gasteiger partial charge on any atom is 0.221 e. The summed E-state index contributed by atoms with van der Waals surface area (Å²) in [6.45, 7) is 0. The second-order valence-corrected chi connectivity index (χ2v) is 11.5. The van der Waals surface area contributed by atoms with Gasteiger partial charge in [0.1, 0.15) is 0 Å². The zero-order chi connectivity index (χ0) is 19.0. The normalized spacial score (nSPS) is 27.7. The van der Waals surface area contributed by atoms with E-state index in [4.69, 9.17) is 16.6 Å². The van der Waals surface area contributed by atoms with Gasteiger partial charge >= 0.3 is 0 Å². The molecule has 0 bridgehead atoms. The third kappa shape index (κ3) is 4.30. The fourth-order valence-electron chi connectivity index (χ4n) is 4.16. The van der Waals surface area contributed by atoms with E-state index in [2.05, 4.69) is 5.32 Å². The number of rotatable bonds is 4. The van der Waals surface area contributed by atoms with Crippen LogP contribution in [0.4, 0.5) is 0 Å². The summed E-state index contributed by atoms with van der Waals surface area (Å²) in [6.07, 6.45) is 5.19. The van der Waals surface area contributed by atoms with Crippen LogP contribution in [0.25, 0.3) is 10.2 Å². The molecule has 1 N–H and O–H groups in total. The van der Waals surface area contributed by atoms with E-state index in [1.54, 1.807) is 11.3 Å².